The molecular formula is C14H20BrClN2O3S. The summed E-state index contributed by atoms with van der Waals surface area (Å²) in [6.45, 7) is 3.48. The minimum Gasteiger partial charge on any atom is -0.492 e. The number of benzene rings is 1. The van der Waals surface area contributed by atoms with Gasteiger partial charge in [-0.25, -0.2) is 13.1 Å². The molecule has 0 amide bonds. The van der Waals surface area contributed by atoms with Gasteiger partial charge in [0, 0.05) is 28.5 Å². The van der Waals surface area contributed by atoms with Crippen LogP contribution in [-0.2, 0) is 16.4 Å². The molecule has 3 rings (SSSR count). The van der Waals surface area contributed by atoms with Gasteiger partial charge in [-0.05, 0) is 38.4 Å². The van der Waals surface area contributed by atoms with Crippen molar-refractivity contribution in [1.29, 1.82) is 0 Å². The quantitative estimate of drug-likeness (QED) is 0.800. The first-order valence-corrected chi connectivity index (χ1v) is 9.46. The van der Waals surface area contributed by atoms with E-state index in [-0.39, 0.29) is 29.4 Å². The van der Waals surface area contributed by atoms with Crippen molar-refractivity contribution in [1.82, 2.24) is 10.0 Å². The van der Waals surface area contributed by atoms with Gasteiger partial charge in [-0.15, -0.1) is 12.4 Å². The third-order valence-corrected chi connectivity index (χ3v) is 6.03. The zero-order chi connectivity index (χ0) is 15.0. The van der Waals surface area contributed by atoms with Crippen molar-refractivity contribution in [2.45, 2.75) is 43.2 Å². The highest BCUT2D eigenvalue weighted by Crippen LogP contribution is 2.36. The lowest BCUT2D eigenvalue weighted by Gasteiger charge is -2.30. The van der Waals surface area contributed by atoms with E-state index in [1.165, 1.54) is 0 Å². The smallest absolute Gasteiger partial charge is 0.244 e. The third kappa shape index (κ3) is 3.59. The van der Waals surface area contributed by atoms with Crippen molar-refractivity contribution in [2.24, 2.45) is 0 Å². The number of fused-ring (bicyclic) bond motifs is 1. The molecule has 0 aromatic heterocycles. The van der Waals surface area contributed by atoms with Crippen LogP contribution < -0.4 is 14.8 Å². The molecule has 2 heterocycles. The molecule has 2 aliphatic heterocycles. The molecule has 2 aliphatic rings. The summed E-state index contributed by atoms with van der Waals surface area (Å²) in [5.74, 6) is 0.502. The summed E-state index contributed by atoms with van der Waals surface area (Å²) in [5.41, 5.74) is 0.944. The molecule has 8 heteroatoms. The number of rotatable bonds is 3. The largest absolute Gasteiger partial charge is 0.492 e. The molecule has 0 radical (unpaired) electrons. The topological polar surface area (TPSA) is 67.4 Å². The lowest BCUT2D eigenvalue weighted by Crippen LogP contribution is -2.51. The first-order valence-electron chi connectivity index (χ1n) is 7.18. The molecular weight excluding hydrogens is 392 g/mol. The van der Waals surface area contributed by atoms with Gasteiger partial charge >= 0.3 is 0 Å². The molecule has 0 aliphatic carbocycles. The minimum absolute atomic E-state index is 0. The predicted octanol–water partition coefficient (Wildman–Crippen LogP) is 2.22. The fourth-order valence-electron chi connectivity index (χ4n) is 2.90. The molecule has 5 nitrogen and oxygen atoms in total. The van der Waals surface area contributed by atoms with E-state index in [9.17, 15) is 8.42 Å². The van der Waals surface area contributed by atoms with Crippen LogP contribution in [0, 0.1) is 0 Å². The predicted molar refractivity (Wildman–Crippen MR) is 91.4 cm³/mol. The van der Waals surface area contributed by atoms with E-state index in [0.717, 1.165) is 35.8 Å². The van der Waals surface area contributed by atoms with E-state index in [2.05, 4.69) is 26.0 Å². The number of ether oxygens (including phenoxy) is 1. The van der Waals surface area contributed by atoms with E-state index in [0.29, 0.717) is 12.4 Å². The Bertz CT molecular complexity index is 654. The van der Waals surface area contributed by atoms with Gasteiger partial charge in [-0.3, -0.25) is 0 Å². The highest BCUT2D eigenvalue weighted by atomic mass is 79.9. The summed E-state index contributed by atoms with van der Waals surface area (Å²) >= 11 is 3.39. The van der Waals surface area contributed by atoms with Gasteiger partial charge in [0.1, 0.15) is 10.6 Å². The van der Waals surface area contributed by atoms with Crippen LogP contribution in [-0.4, -0.2) is 33.7 Å². The summed E-state index contributed by atoms with van der Waals surface area (Å²) < 4.78 is 34.6. The van der Waals surface area contributed by atoms with Gasteiger partial charge < -0.3 is 10.1 Å². The van der Waals surface area contributed by atoms with E-state index in [4.69, 9.17) is 4.74 Å². The lowest BCUT2D eigenvalue weighted by molar-refractivity contribution is 0.342. The fraction of sp³-hybridized carbons (Fsp3) is 0.571. The van der Waals surface area contributed by atoms with E-state index < -0.39 is 10.0 Å². The first-order chi connectivity index (χ1) is 9.97. The molecule has 2 N–H and O–H groups in total. The minimum atomic E-state index is -3.59. The summed E-state index contributed by atoms with van der Waals surface area (Å²) in [7, 11) is -3.59. The van der Waals surface area contributed by atoms with E-state index in [1.54, 1.807) is 6.07 Å². The van der Waals surface area contributed by atoms with Crippen molar-refractivity contribution in [3.8, 4) is 5.75 Å². The van der Waals surface area contributed by atoms with Crippen molar-refractivity contribution in [2.75, 3.05) is 13.2 Å². The average Bonchev–Trinajstić information content (AvgIpc) is 2.88. The van der Waals surface area contributed by atoms with Crippen LogP contribution >= 0.6 is 28.3 Å². The van der Waals surface area contributed by atoms with Gasteiger partial charge in [0.2, 0.25) is 10.0 Å². The molecule has 2 unspecified atom stereocenters. The molecule has 0 spiro atoms. The second kappa shape index (κ2) is 7.05. The van der Waals surface area contributed by atoms with Crippen molar-refractivity contribution < 1.29 is 13.2 Å². The molecule has 0 saturated carbocycles. The third-order valence-electron chi connectivity index (χ3n) is 4.07. The Kier molecular flexibility index (Phi) is 5.77. The molecule has 0 bridgehead atoms. The molecule has 1 aromatic rings. The van der Waals surface area contributed by atoms with Crippen LogP contribution in [0.3, 0.4) is 0 Å². The maximum atomic E-state index is 12.7. The van der Waals surface area contributed by atoms with Crippen LogP contribution in [0.4, 0.5) is 0 Å². The Morgan fingerprint density at radius 3 is 2.91 bits per heavy atom. The maximum Gasteiger partial charge on any atom is 0.244 e. The summed E-state index contributed by atoms with van der Waals surface area (Å²) in [6.07, 6.45) is 2.58. The maximum absolute atomic E-state index is 12.7. The number of nitrogens with one attached hydrogen (secondary N) is 2. The van der Waals surface area contributed by atoms with E-state index >= 15 is 0 Å². The fourth-order valence-corrected chi connectivity index (χ4v) is 5.12. The Labute approximate surface area is 145 Å². The first kappa shape index (κ1) is 18.0. The van der Waals surface area contributed by atoms with Crippen LogP contribution in [0.2, 0.25) is 0 Å². The number of hydrogen-bond donors (Lipinski definition) is 2. The van der Waals surface area contributed by atoms with Crippen LogP contribution in [0.1, 0.15) is 25.3 Å². The zero-order valence-electron chi connectivity index (χ0n) is 12.3. The molecule has 2 atom stereocenters. The number of sulfonamides is 1. The zero-order valence-corrected chi connectivity index (χ0v) is 15.5. The second-order valence-corrected chi connectivity index (χ2v) is 8.20. The van der Waals surface area contributed by atoms with Gasteiger partial charge in [0.15, 0.2) is 0 Å². The van der Waals surface area contributed by atoms with E-state index in [1.807, 2.05) is 13.0 Å². The SMILES string of the molecule is CC1NCCCC1NS(=O)(=O)c1cc(Br)cc2c1OCC2.Cl. The Morgan fingerprint density at radius 1 is 1.41 bits per heavy atom. The van der Waals surface area contributed by atoms with Crippen LogP contribution in [0.15, 0.2) is 21.5 Å². The van der Waals surface area contributed by atoms with Crippen molar-refractivity contribution >= 4 is 38.4 Å². The molecule has 124 valence electrons. The second-order valence-electron chi connectivity index (χ2n) is 5.60. The van der Waals surface area contributed by atoms with Gasteiger partial charge in [-0.1, -0.05) is 15.9 Å². The molecule has 1 aromatic carbocycles. The Hall–Kier alpha value is -0.340. The Balaban J connectivity index is 0.00000176. The molecule has 1 saturated heterocycles. The van der Waals surface area contributed by atoms with Crippen molar-refractivity contribution in [3.05, 3.63) is 22.2 Å². The van der Waals surface area contributed by atoms with Gasteiger partial charge in [-0.2, -0.15) is 0 Å². The number of piperidine rings is 1. The van der Waals surface area contributed by atoms with Gasteiger partial charge in [0.05, 0.1) is 6.61 Å². The molecule has 1 fully saturated rings. The van der Waals surface area contributed by atoms with Gasteiger partial charge in [0.25, 0.3) is 0 Å². The monoisotopic (exact) mass is 410 g/mol. The van der Waals surface area contributed by atoms with Crippen molar-refractivity contribution in [3.63, 3.8) is 0 Å². The molecule has 22 heavy (non-hydrogen) atoms. The summed E-state index contributed by atoms with van der Waals surface area (Å²) in [6, 6.07) is 3.59. The average molecular weight is 412 g/mol. The standard InChI is InChI=1S/C14H19BrN2O3S.ClH/c1-9-12(3-2-5-16-9)17-21(18,19)13-8-11(15)7-10-4-6-20-14(10)13;/h7-9,12,16-17H,2-6H2,1H3;1H. The number of halogens is 2. The van der Waals surface area contributed by atoms with Crippen LogP contribution in [0.5, 0.6) is 5.75 Å². The van der Waals surface area contributed by atoms with Crippen LogP contribution in [0.25, 0.3) is 0 Å². The highest BCUT2D eigenvalue weighted by Gasteiger charge is 2.31. The Morgan fingerprint density at radius 2 is 2.18 bits per heavy atom. The normalized spacial score (nSPS) is 24.3. The summed E-state index contributed by atoms with van der Waals surface area (Å²) in [5, 5.41) is 3.30. The lowest BCUT2D eigenvalue weighted by atomic mass is 10.0. The number of hydrogen-bond acceptors (Lipinski definition) is 4. The highest BCUT2D eigenvalue weighted by molar-refractivity contribution is 9.10. The summed E-state index contributed by atoms with van der Waals surface area (Å²) in [4.78, 5) is 0.238.